The number of carbonyl (C=O) groups is 1. The summed E-state index contributed by atoms with van der Waals surface area (Å²) in [6.07, 6.45) is 1.74. The third-order valence-corrected chi connectivity index (χ3v) is 6.66. The molecule has 2 aromatic heterocycles. The van der Waals surface area contributed by atoms with Crippen LogP contribution in [0.1, 0.15) is 22.9 Å². The summed E-state index contributed by atoms with van der Waals surface area (Å²) in [5, 5.41) is 11.7. The van der Waals surface area contributed by atoms with Gasteiger partial charge in [-0.2, -0.15) is 10.2 Å². The Bertz CT molecular complexity index is 1240. The molecule has 0 aliphatic carbocycles. The fourth-order valence-electron chi connectivity index (χ4n) is 3.41. The molecule has 32 heavy (non-hydrogen) atoms. The van der Waals surface area contributed by atoms with E-state index in [0.717, 1.165) is 20.8 Å². The first kappa shape index (κ1) is 22.3. The zero-order valence-electron chi connectivity index (χ0n) is 17.1. The highest BCUT2D eigenvalue weighted by atomic mass is 35.5. The van der Waals surface area contributed by atoms with Crippen molar-refractivity contribution in [3.63, 3.8) is 0 Å². The molecule has 0 unspecified atom stereocenters. The van der Waals surface area contributed by atoms with Crippen molar-refractivity contribution in [3.05, 3.63) is 72.7 Å². The standard InChI is InChI=1S/C21H18Cl2N4O4S/c1-30-16-6-5-12(8-17(16)31-2)15-9-14(18-4-3-7-32-18)25-27(15)19(28)11-26-21(29)20(23)13(22)10-24-26/h3-8,10,15H,9,11H2,1-2H3/t15-/m1/s1. The molecule has 11 heteroatoms. The van der Waals surface area contributed by atoms with E-state index < -0.39 is 17.5 Å². The monoisotopic (exact) mass is 492 g/mol. The molecule has 1 amide bonds. The number of nitrogens with zero attached hydrogens (tertiary/aromatic N) is 4. The van der Waals surface area contributed by atoms with Crippen molar-refractivity contribution in [2.75, 3.05) is 14.2 Å². The summed E-state index contributed by atoms with van der Waals surface area (Å²) in [6, 6.07) is 8.96. The minimum Gasteiger partial charge on any atom is -0.493 e. The van der Waals surface area contributed by atoms with Gasteiger partial charge in [0.2, 0.25) is 0 Å². The van der Waals surface area contributed by atoms with E-state index in [-0.39, 0.29) is 16.6 Å². The van der Waals surface area contributed by atoms with Crippen molar-refractivity contribution >= 4 is 46.2 Å². The zero-order valence-corrected chi connectivity index (χ0v) is 19.4. The fourth-order valence-corrected chi connectivity index (χ4v) is 4.40. The number of hydrogen-bond donors (Lipinski definition) is 0. The Labute approximate surface area is 197 Å². The first-order valence-corrected chi connectivity index (χ1v) is 11.1. The Hall–Kier alpha value is -2.88. The van der Waals surface area contributed by atoms with Crippen molar-refractivity contribution < 1.29 is 14.3 Å². The molecule has 8 nitrogen and oxygen atoms in total. The van der Waals surface area contributed by atoms with E-state index in [1.54, 1.807) is 31.6 Å². The molecule has 1 atom stereocenters. The second-order valence-corrected chi connectivity index (χ2v) is 8.60. The largest absolute Gasteiger partial charge is 0.493 e. The number of carbonyl (C=O) groups excluding carboxylic acids is 1. The first-order valence-electron chi connectivity index (χ1n) is 9.49. The molecule has 1 aromatic carbocycles. The lowest BCUT2D eigenvalue weighted by Crippen LogP contribution is -2.35. The van der Waals surface area contributed by atoms with Gasteiger partial charge in [0.1, 0.15) is 11.6 Å². The maximum absolute atomic E-state index is 13.2. The van der Waals surface area contributed by atoms with Crippen molar-refractivity contribution in [2.45, 2.75) is 19.0 Å². The smallest absolute Gasteiger partial charge is 0.287 e. The minimum absolute atomic E-state index is 0.0303. The van der Waals surface area contributed by atoms with Crippen molar-refractivity contribution in [1.82, 2.24) is 14.8 Å². The summed E-state index contributed by atoms with van der Waals surface area (Å²) >= 11 is 13.3. The van der Waals surface area contributed by atoms with Gasteiger partial charge in [-0.25, -0.2) is 9.69 Å². The Morgan fingerprint density at radius 2 is 2.00 bits per heavy atom. The molecule has 1 aliphatic rings. The highest BCUT2D eigenvalue weighted by Gasteiger charge is 2.34. The van der Waals surface area contributed by atoms with Crippen LogP contribution in [0.2, 0.25) is 10.0 Å². The van der Waals surface area contributed by atoms with Gasteiger partial charge in [0.15, 0.2) is 11.5 Å². The van der Waals surface area contributed by atoms with Crippen LogP contribution in [0.25, 0.3) is 0 Å². The number of aromatic nitrogens is 2. The Balaban J connectivity index is 1.69. The van der Waals surface area contributed by atoms with Crippen LogP contribution in [0.5, 0.6) is 11.5 Å². The lowest BCUT2D eigenvalue weighted by Gasteiger charge is -2.23. The summed E-state index contributed by atoms with van der Waals surface area (Å²) in [6.45, 7) is -0.333. The maximum atomic E-state index is 13.2. The van der Waals surface area contributed by atoms with E-state index in [1.807, 2.05) is 29.6 Å². The van der Waals surface area contributed by atoms with E-state index in [0.29, 0.717) is 17.9 Å². The number of ether oxygens (including phenoxy) is 2. The molecular weight excluding hydrogens is 475 g/mol. The van der Waals surface area contributed by atoms with Crippen molar-refractivity contribution in [1.29, 1.82) is 0 Å². The quantitative estimate of drug-likeness (QED) is 0.518. The predicted molar refractivity (Wildman–Crippen MR) is 123 cm³/mol. The summed E-state index contributed by atoms with van der Waals surface area (Å²) in [4.78, 5) is 26.5. The van der Waals surface area contributed by atoms with Crippen LogP contribution in [0, 0.1) is 0 Å². The van der Waals surface area contributed by atoms with E-state index >= 15 is 0 Å². The average Bonchev–Trinajstić information content (AvgIpc) is 3.49. The first-order chi connectivity index (χ1) is 15.4. The molecular formula is C21H18Cl2N4O4S. The average molecular weight is 493 g/mol. The Kier molecular flexibility index (Phi) is 6.50. The molecule has 0 spiro atoms. The lowest BCUT2D eigenvalue weighted by molar-refractivity contribution is -0.133. The minimum atomic E-state index is -0.642. The number of methoxy groups -OCH3 is 2. The molecule has 1 aliphatic heterocycles. The maximum Gasteiger partial charge on any atom is 0.287 e. The third kappa shape index (κ3) is 4.23. The van der Waals surface area contributed by atoms with Crippen LogP contribution in [-0.2, 0) is 11.3 Å². The number of amides is 1. The van der Waals surface area contributed by atoms with Gasteiger partial charge >= 0.3 is 0 Å². The second-order valence-electron chi connectivity index (χ2n) is 6.87. The molecule has 0 bridgehead atoms. The molecule has 3 heterocycles. The molecule has 4 rings (SSSR count). The molecule has 0 saturated carbocycles. The SMILES string of the molecule is COc1ccc([C@H]2CC(c3cccs3)=NN2C(=O)Cn2ncc(Cl)c(Cl)c2=O)cc1OC. The van der Waals surface area contributed by atoms with Gasteiger partial charge < -0.3 is 9.47 Å². The van der Waals surface area contributed by atoms with Gasteiger partial charge in [0, 0.05) is 6.42 Å². The number of hydrazone groups is 1. The zero-order chi connectivity index (χ0) is 22.8. The van der Waals surface area contributed by atoms with Crippen LogP contribution in [-0.4, -0.2) is 40.6 Å². The molecule has 0 radical (unpaired) electrons. The number of halogens is 2. The number of benzene rings is 1. The summed E-state index contributed by atoms with van der Waals surface area (Å²) in [5.74, 6) is 0.715. The van der Waals surface area contributed by atoms with Crippen LogP contribution >= 0.6 is 34.5 Å². The fraction of sp³-hybridized carbons (Fsp3) is 0.238. The molecule has 166 valence electrons. The van der Waals surface area contributed by atoms with E-state index in [9.17, 15) is 9.59 Å². The predicted octanol–water partition coefficient (Wildman–Crippen LogP) is 4.01. The topological polar surface area (TPSA) is 86.0 Å². The number of thiophene rings is 1. The van der Waals surface area contributed by atoms with Crippen LogP contribution in [0.4, 0.5) is 0 Å². The lowest BCUT2D eigenvalue weighted by atomic mass is 10.0. The van der Waals surface area contributed by atoms with Crippen molar-refractivity contribution in [3.8, 4) is 11.5 Å². The van der Waals surface area contributed by atoms with Gasteiger partial charge in [-0.15, -0.1) is 11.3 Å². The molecule has 0 N–H and O–H groups in total. The molecule has 3 aromatic rings. The van der Waals surface area contributed by atoms with Crippen LogP contribution < -0.4 is 15.0 Å². The highest BCUT2D eigenvalue weighted by molar-refractivity contribution is 7.12. The van der Waals surface area contributed by atoms with Crippen molar-refractivity contribution in [2.24, 2.45) is 5.10 Å². The Morgan fingerprint density at radius 1 is 1.22 bits per heavy atom. The molecule has 0 saturated heterocycles. The summed E-state index contributed by atoms with van der Waals surface area (Å²) < 4.78 is 11.7. The van der Waals surface area contributed by atoms with E-state index in [4.69, 9.17) is 32.7 Å². The van der Waals surface area contributed by atoms with Gasteiger partial charge in [-0.05, 0) is 29.1 Å². The normalized spacial score (nSPS) is 15.6. The van der Waals surface area contributed by atoms with E-state index in [2.05, 4.69) is 10.2 Å². The number of hydrogen-bond acceptors (Lipinski definition) is 7. The number of rotatable bonds is 6. The molecule has 0 fully saturated rings. The highest BCUT2D eigenvalue weighted by Crippen LogP contribution is 2.38. The van der Waals surface area contributed by atoms with Crippen LogP contribution in [0.3, 0.4) is 0 Å². The third-order valence-electron chi connectivity index (χ3n) is 4.99. The summed E-state index contributed by atoms with van der Waals surface area (Å²) in [7, 11) is 3.11. The van der Waals surface area contributed by atoms with Gasteiger partial charge in [-0.1, -0.05) is 35.3 Å². The van der Waals surface area contributed by atoms with Gasteiger partial charge in [-0.3, -0.25) is 9.59 Å². The Morgan fingerprint density at radius 3 is 2.69 bits per heavy atom. The van der Waals surface area contributed by atoms with Crippen LogP contribution in [0.15, 0.2) is 51.8 Å². The second kappa shape index (κ2) is 9.32. The van der Waals surface area contributed by atoms with Gasteiger partial charge in [0.25, 0.3) is 11.5 Å². The van der Waals surface area contributed by atoms with Gasteiger partial charge in [0.05, 0.1) is 42.1 Å². The summed E-state index contributed by atoms with van der Waals surface area (Å²) in [5.41, 5.74) is 0.958. The van der Waals surface area contributed by atoms with E-state index in [1.165, 1.54) is 11.2 Å².